The van der Waals surface area contributed by atoms with Crippen LogP contribution in [-0.4, -0.2) is 51.8 Å². The molecule has 1 aliphatic heterocycles. The van der Waals surface area contributed by atoms with Crippen LogP contribution in [0, 0.1) is 18.7 Å². The van der Waals surface area contributed by atoms with Gasteiger partial charge in [-0.25, -0.2) is 9.07 Å². The highest BCUT2D eigenvalue weighted by Crippen LogP contribution is 2.41. The van der Waals surface area contributed by atoms with Gasteiger partial charge in [-0.2, -0.15) is 0 Å². The van der Waals surface area contributed by atoms with Gasteiger partial charge in [-0.3, -0.25) is 4.79 Å². The van der Waals surface area contributed by atoms with Crippen LogP contribution in [0.4, 0.5) is 15.8 Å². The fourth-order valence-electron chi connectivity index (χ4n) is 4.37. The van der Waals surface area contributed by atoms with Crippen LogP contribution in [0.3, 0.4) is 0 Å². The molecule has 2 aliphatic rings. The summed E-state index contributed by atoms with van der Waals surface area (Å²) in [6, 6.07) is 8.26. The van der Waals surface area contributed by atoms with Gasteiger partial charge in [-0.05, 0) is 60.0 Å². The Morgan fingerprint density at radius 1 is 1.24 bits per heavy atom. The number of ether oxygens (including phenoxy) is 1. The third-order valence-electron chi connectivity index (χ3n) is 6.26. The minimum absolute atomic E-state index is 0.0377. The number of rotatable bonds is 6. The fourth-order valence-corrected chi connectivity index (χ4v) is 4.37. The molecule has 10 heteroatoms. The van der Waals surface area contributed by atoms with E-state index in [9.17, 15) is 9.18 Å². The number of para-hydroxylation sites is 1. The Kier molecular flexibility index (Phi) is 5.43. The number of methoxy groups -OCH3 is 1. The number of allylic oxidation sites excluding steroid dienone is 1. The Morgan fingerprint density at radius 3 is 2.71 bits per heavy atom. The first kappa shape index (κ1) is 21.9. The predicted octanol–water partition coefficient (Wildman–Crippen LogP) is 3.55. The largest absolute Gasteiger partial charge is 0.494 e. The molecule has 1 aliphatic carbocycles. The van der Waals surface area contributed by atoms with Crippen molar-refractivity contribution in [3.05, 3.63) is 59.2 Å². The van der Waals surface area contributed by atoms with Gasteiger partial charge in [0.15, 0.2) is 11.6 Å². The molecule has 1 amide bonds. The quantitative estimate of drug-likeness (QED) is 0.598. The lowest BCUT2D eigenvalue weighted by atomic mass is 10.1. The van der Waals surface area contributed by atoms with E-state index in [-0.39, 0.29) is 5.56 Å². The topological polar surface area (TPSA) is 88.4 Å². The van der Waals surface area contributed by atoms with Gasteiger partial charge in [0, 0.05) is 37.6 Å². The molecule has 1 aromatic heterocycles. The van der Waals surface area contributed by atoms with Crippen LogP contribution in [-0.2, 0) is 7.05 Å². The number of hydrogen-bond donors (Lipinski definition) is 1. The number of benzene rings is 2. The highest BCUT2D eigenvalue weighted by Gasteiger charge is 2.33. The molecule has 0 unspecified atom stereocenters. The van der Waals surface area contributed by atoms with E-state index in [2.05, 4.69) is 43.9 Å². The lowest BCUT2D eigenvalue weighted by molar-refractivity contribution is 0.102. The minimum Gasteiger partial charge on any atom is -0.494 e. The second kappa shape index (κ2) is 8.44. The summed E-state index contributed by atoms with van der Waals surface area (Å²) >= 11 is 0. The Morgan fingerprint density at radius 2 is 2.03 bits per heavy atom. The van der Waals surface area contributed by atoms with Crippen molar-refractivity contribution in [2.45, 2.75) is 19.8 Å². The summed E-state index contributed by atoms with van der Waals surface area (Å²) in [5.41, 5.74) is 3.82. The molecule has 0 saturated heterocycles. The molecule has 176 valence electrons. The number of hydrogen-bond acceptors (Lipinski definition) is 7. The minimum atomic E-state index is -0.578. The Bertz CT molecular complexity index is 1300. The number of aromatic nitrogens is 4. The van der Waals surface area contributed by atoms with Gasteiger partial charge in [0.1, 0.15) is 5.82 Å². The monoisotopic (exact) mass is 463 g/mol. The van der Waals surface area contributed by atoms with Crippen LogP contribution in [0.1, 0.15) is 28.8 Å². The molecular weight excluding hydrogens is 437 g/mol. The van der Waals surface area contributed by atoms with E-state index in [0.717, 1.165) is 11.3 Å². The van der Waals surface area contributed by atoms with Gasteiger partial charge in [0.2, 0.25) is 0 Å². The fraction of sp³-hybridized carbons (Fsp3) is 0.333. The molecule has 0 radical (unpaired) electrons. The first-order chi connectivity index (χ1) is 16.4. The molecule has 34 heavy (non-hydrogen) atoms. The summed E-state index contributed by atoms with van der Waals surface area (Å²) in [4.78, 5) is 17.5. The SMILES string of the molecule is COc1c(NC(=O)c2cc(N3C=C(C4CC4)N(C)C3)c(C)cc2F)cccc1-c1nnnn1C. The van der Waals surface area contributed by atoms with Crippen LogP contribution >= 0.6 is 0 Å². The number of carbonyl (C=O) groups excluding carboxylic acids is 1. The lowest BCUT2D eigenvalue weighted by Gasteiger charge is -2.22. The van der Waals surface area contributed by atoms with Gasteiger partial charge in [0.05, 0.1) is 30.6 Å². The number of nitrogens with one attached hydrogen (secondary N) is 1. The molecular formula is C24H26FN7O2. The van der Waals surface area contributed by atoms with E-state index < -0.39 is 11.7 Å². The van der Waals surface area contributed by atoms with Crippen molar-refractivity contribution >= 4 is 17.3 Å². The standard InChI is InChI=1S/C24H26FN7O2/c1-14-10-18(25)17(11-20(14)32-12-21(15-8-9-15)30(2)13-32)24(33)26-19-7-5-6-16(22(19)34-4)23-27-28-29-31(23)3/h5-7,10-12,15H,8-9,13H2,1-4H3,(H,26,33). The molecule has 1 fully saturated rings. The zero-order valence-corrected chi connectivity index (χ0v) is 19.5. The normalized spacial score (nSPS) is 15.5. The third kappa shape index (κ3) is 3.85. The first-order valence-corrected chi connectivity index (χ1v) is 11.1. The number of halogens is 1. The molecule has 0 spiro atoms. The van der Waals surface area contributed by atoms with Crippen molar-refractivity contribution in [1.29, 1.82) is 0 Å². The van der Waals surface area contributed by atoms with Crippen molar-refractivity contribution in [2.24, 2.45) is 13.0 Å². The average molecular weight is 464 g/mol. The molecule has 0 bridgehead atoms. The summed E-state index contributed by atoms with van der Waals surface area (Å²) < 4.78 is 22.0. The number of nitrogens with zero attached hydrogens (tertiary/aromatic N) is 6. The van der Waals surface area contributed by atoms with Crippen LogP contribution in [0.25, 0.3) is 11.4 Å². The van der Waals surface area contributed by atoms with E-state index in [4.69, 9.17) is 4.74 Å². The summed E-state index contributed by atoms with van der Waals surface area (Å²) in [5.74, 6) is 0.324. The van der Waals surface area contributed by atoms with Crippen LogP contribution in [0.2, 0.25) is 0 Å². The van der Waals surface area contributed by atoms with Crippen molar-refractivity contribution in [3.8, 4) is 17.1 Å². The number of amides is 1. The van der Waals surface area contributed by atoms with Gasteiger partial charge >= 0.3 is 0 Å². The van der Waals surface area contributed by atoms with Crippen molar-refractivity contribution in [3.63, 3.8) is 0 Å². The Balaban J connectivity index is 1.46. The maximum Gasteiger partial charge on any atom is 0.258 e. The van der Waals surface area contributed by atoms with Gasteiger partial charge < -0.3 is 19.9 Å². The number of aryl methyl sites for hydroxylation is 2. The molecule has 2 heterocycles. The molecule has 1 saturated carbocycles. The second-order valence-electron chi connectivity index (χ2n) is 8.72. The van der Waals surface area contributed by atoms with Gasteiger partial charge in [-0.1, -0.05) is 6.07 Å². The summed E-state index contributed by atoms with van der Waals surface area (Å²) in [5, 5.41) is 14.3. The average Bonchev–Trinajstić information content (AvgIpc) is 3.45. The van der Waals surface area contributed by atoms with Gasteiger partial charge in [-0.15, -0.1) is 5.10 Å². The van der Waals surface area contributed by atoms with Crippen LogP contribution < -0.4 is 15.0 Å². The number of carbonyl (C=O) groups is 1. The van der Waals surface area contributed by atoms with Crippen LogP contribution in [0.15, 0.2) is 42.2 Å². The summed E-state index contributed by atoms with van der Waals surface area (Å²) in [6.07, 6.45) is 4.51. The molecule has 5 rings (SSSR count). The maximum atomic E-state index is 14.9. The smallest absolute Gasteiger partial charge is 0.258 e. The van der Waals surface area contributed by atoms with Crippen molar-refractivity contribution in [2.75, 3.05) is 31.0 Å². The molecule has 1 N–H and O–H groups in total. The highest BCUT2D eigenvalue weighted by molar-refractivity contribution is 6.06. The zero-order valence-electron chi connectivity index (χ0n) is 19.5. The predicted molar refractivity (Wildman–Crippen MR) is 126 cm³/mol. The highest BCUT2D eigenvalue weighted by atomic mass is 19.1. The van der Waals surface area contributed by atoms with E-state index in [1.54, 1.807) is 31.3 Å². The number of tetrazole rings is 1. The Labute approximate surface area is 196 Å². The Hall–Kier alpha value is -3.95. The van der Waals surface area contributed by atoms with Crippen molar-refractivity contribution < 1.29 is 13.9 Å². The van der Waals surface area contributed by atoms with E-state index >= 15 is 0 Å². The van der Waals surface area contributed by atoms with Gasteiger partial charge in [0.25, 0.3) is 5.91 Å². The van der Waals surface area contributed by atoms with E-state index in [0.29, 0.717) is 35.4 Å². The van der Waals surface area contributed by atoms with Crippen molar-refractivity contribution in [1.82, 2.24) is 25.1 Å². The van der Waals surface area contributed by atoms with E-state index in [1.165, 1.54) is 36.4 Å². The lowest BCUT2D eigenvalue weighted by Crippen LogP contribution is -2.24. The zero-order chi connectivity index (χ0) is 24.0. The summed E-state index contributed by atoms with van der Waals surface area (Å²) in [7, 11) is 5.27. The number of anilines is 2. The molecule has 0 atom stereocenters. The first-order valence-electron chi connectivity index (χ1n) is 11.1. The maximum absolute atomic E-state index is 14.9. The van der Waals surface area contributed by atoms with Crippen LogP contribution in [0.5, 0.6) is 5.75 Å². The third-order valence-corrected chi connectivity index (χ3v) is 6.26. The van der Waals surface area contributed by atoms with E-state index in [1.807, 2.05) is 6.92 Å². The molecule has 9 nitrogen and oxygen atoms in total. The second-order valence-corrected chi connectivity index (χ2v) is 8.72. The molecule has 2 aromatic carbocycles. The molecule has 3 aromatic rings. The summed E-state index contributed by atoms with van der Waals surface area (Å²) in [6.45, 7) is 2.52.